The Morgan fingerprint density at radius 1 is 1.21 bits per heavy atom. The van der Waals surface area contributed by atoms with Crippen molar-refractivity contribution < 1.29 is 8.42 Å². The molecule has 1 aromatic rings. The van der Waals surface area contributed by atoms with E-state index in [2.05, 4.69) is 15.9 Å². The predicted molar refractivity (Wildman–Crippen MR) is 72.5 cm³/mol. The Morgan fingerprint density at radius 2 is 1.79 bits per heavy atom. The molecule has 5 nitrogen and oxygen atoms in total. The Labute approximate surface area is 120 Å². The van der Waals surface area contributed by atoms with Crippen LogP contribution in [0.1, 0.15) is 22.0 Å². The quantitative estimate of drug-likeness (QED) is 0.730. The van der Waals surface area contributed by atoms with Crippen LogP contribution in [0.3, 0.4) is 0 Å². The average molecular weight is 340 g/mol. The maximum atomic E-state index is 11.9. The second kappa shape index (κ2) is 4.93. The van der Waals surface area contributed by atoms with Crippen LogP contribution in [0.4, 0.5) is 0 Å². The fraction of sp³-hybridized carbons (Fsp3) is 0.333. The second-order valence-electron chi connectivity index (χ2n) is 4.23. The van der Waals surface area contributed by atoms with E-state index in [1.165, 1.54) is 0 Å². The molecule has 2 rings (SSSR count). The Bertz CT molecular complexity index is 690. The Kier molecular flexibility index (Phi) is 3.64. The van der Waals surface area contributed by atoms with Gasteiger partial charge < -0.3 is 0 Å². The number of rotatable bonds is 1. The van der Waals surface area contributed by atoms with Crippen LogP contribution in [-0.4, -0.2) is 25.0 Å². The zero-order valence-corrected chi connectivity index (χ0v) is 12.4. The minimum Gasteiger partial charge on any atom is -0.212 e. The van der Waals surface area contributed by atoms with Gasteiger partial charge >= 0.3 is 0 Å². The molecule has 98 valence electrons. The molecule has 19 heavy (non-hydrogen) atoms. The van der Waals surface area contributed by atoms with Crippen LogP contribution >= 0.6 is 15.9 Å². The maximum absolute atomic E-state index is 11.9. The third kappa shape index (κ3) is 2.25. The highest BCUT2D eigenvalue weighted by Crippen LogP contribution is 2.43. The summed E-state index contributed by atoms with van der Waals surface area (Å²) < 4.78 is 24.7. The first-order valence-corrected chi connectivity index (χ1v) is 8.19. The van der Waals surface area contributed by atoms with Crippen LogP contribution in [0.5, 0.6) is 0 Å². The van der Waals surface area contributed by atoms with E-state index in [1.54, 1.807) is 24.3 Å². The number of halogens is 1. The van der Waals surface area contributed by atoms with Gasteiger partial charge in [-0.3, -0.25) is 0 Å². The summed E-state index contributed by atoms with van der Waals surface area (Å²) in [7, 11) is -3.67. The molecule has 0 bridgehead atoms. The van der Waals surface area contributed by atoms with E-state index in [0.29, 0.717) is 5.56 Å². The van der Waals surface area contributed by atoms with Gasteiger partial charge in [0.15, 0.2) is 0 Å². The number of fused-ring (bicyclic) bond motifs is 1. The third-order valence-electron chi connectivity index (χ3n) is 3.03. The van der Waals surface area contributed by atoms with Crippen molar-refractivity contribution in [3.05, 3.63) is 35.4 Å². The summed E-state index contributed by atoms with van der Waals surface area (Å²) in [5.74, 6) is 0. The number of sulfonamides is 1. The molecule has 0 radical (unpaired) electrons. The van der Waals surface area contributed by atoms with Crippen molar-refractivity contribution in [1.29, 1.82) is 10.5 Å². The number of hydrogen-bond acceptors (Lipinski definition) is 4. The Morgan fingerprint density at radius 3 is 2.26 bits per heavy atom. The van der Waals surface area contributed by atoms with Gasteiger partial charge in [0, 0.05) is 0 Å². The van der Waals surface area contributed by atoms with Crippen molar-refractivity contribution in [2.75, 3.05) is 6.26 Å². The number of alkyl halides is 1. The van der Waals surface area contributed by atoms with Crippen molar-refractivity contribution >= 4 is 26.0 Å². The lowest BCUT2D eigenvalue weighted by molar-refractivity contribution is 0.310. The van der Waals surface area contributed by atoms with Gasteiger partial charge in [-0.2, -0.15) is 14.8 Å². The number of hydrogen-bond donors (Lipinski definition) is 0. The van der Waals surface area contributed by atoms with Gasteiger partial charge in [-0.1, -0.05) is 40.2 Å². The largest absolute Gasteiger partial charge is 0.213 e. The lowest BCUT2D eigenvalue weighted by Gasteiger charge is -2.37. The van der Waals surface area contributed by atoms with Gasteiger partial charge in [0.2, 0.25) is 10.0 Å². The average Bonchev–Trinajstić information content (AvgIpc) is 2.37. The third-order valence-corrected chi connectivity index (χ3v) is 5.23. The molecule has 7 heteroatoms. The van der Waals surface area contributed by atoms with Gasteiger partial charge in [-0.05, 0) is 11.1 Å². The second-order valence-corrected chi connectivity index (χ2v) is 7.10. The fourth-order valence-electron chi connectivity index (χ4n) is 2.25. The first-order chi connectivity index (χ1) is 8.91. The van der Waals surface area contributed by atoms with Crippen LogP contribution in [0.2, 0.25) is 0 Å². The summed E-state index contributed by atoms with van der Waals surface area (Å²) in [6.07, 6.45) is 1.01. The molecule has 1 aliphatic rings. The van der Waals surface area contributed by atoms with E-state index < -0.39 is 26.9 Å². The monoisotopic (exact) mass is 339 g/mol. The molecule has 0 aliphatic carbocycles. The summed E-state index contributed by atoms with van der Waals surface area (Å²) in [4.78, 5) is -0.451. The maximum Gasteiger partial charge on any atom is 0.213 e. The molecule has 0 saturated heterocycles. The summed E-state index contributed by atoms with van der Waals surface area (Å²) in [5, 5.41) is 18.5. The number of benzene rings is 1. The van der Waals surface area contributed by atoms with Crippen molar-refractivity contribution in [3.8, 4) is 12.1 Å². The molecule has 1 heterocycles. The van der Waals surface area contributed by atoms with E-state index in [-0.39, 0.29) is 0 Å². The van der Waals surface area contributed by atoms with Crippen molar-refractivity contribution in [3.63, 3.8) is 0 Å². The van der Waals surface area contributed by atoms with Gasteiger partial charge in [0.25, 0.3) is 0 Å². The lowest BCUT2D eigenvalue weighted by Crippen LogP contribution is -2.46. The number of nitriles is 2. The number of nitrogens with zero attached hydrogens (tertiary/aromatic N) is 3. The molecule has 3 atom stereocenters. The summed E-state index contributed by atoms with van der Waals surface area (Å²) in [6.45, 7) is 0. The van der Waals surface area contributed by atoms with E-state index in [1.807, 2.05) is 12.1 Å². The first-order valence-electron chi connectivity index (χ1n) is 5.42. The molecule has 0 spiro atoms. The highest BCUT2D eigenvalue weighted by Gasteiger charge is 2.44. The Balaban J connectivity index is 2.72. The van der Waals surface area contributed by atoms with Crippen molar-refractivity contribution in [2.45, 2.75) is 16.9 Å². The lowest BCUT2D eigenvalue weighted by atomic mass is 9.91. The normalized spacial score (nSPS) is 27.1. The van der Waals surface area contributed by atoms with Gasteiger partial charge in [0.05, 0.1) is 23.2 Å². The molecule has 0 N–H and O–H groups in total. The minimum atomic E-state index is -3.67. The molecule has 0 amide bonds. The van der Waals surface area contributed by atoms with Gasteiger partial charge in [0.1, 0.15) is 12.1 Å². The van der Waals surface area contributed by atoms with E-state index in [9.17, 15) is 18.9 Å². The van der Waals surface area contributed by atoms with Crippen molar-refractivity contribution in [1.82, 2.24) is 4.31 Å². The zero-order chi connectivity index (χ0) is 14.2. The standard InChI is InChI=1S/C12H10BrN3O2S/c1-19(17,18)16-10(6-14)8-4-2-3-5-9(8)12(13)11(16)7-15/h2-5,10-12H,1H3/t10-,11-,12+/m0/s1. The van der Waals surface area contributed by atoms with Gasteiger partial charge in [-0.15, -0.1) is 0 Å². The molecule has 0 fully saturated rings. The molecular weight excluding hydrogens is 330 g/mol. The highest BCUT2D eigenvalue weighted by atomic mass is 79.9. The van der Waals surface area contributed by atoms with E-state index in [0.717, 1.165) is 16.1 Å². The van der Waals surface area contributed by atoms with Crippen LogP contribution < -0.4 is 0 Å². The van der Waals surface area contributed by atoms with Crippen LogP contribution in [0.15, 0.2) is 24.3 Å². The molecule has 1 aliphatic heterocycles. The Hall–Kier alpha value is -1.41. The molecular formula is C12H10BrN3O2S. The van der Waals surface area contributed by atoms with Crippen LogP contribution in [0, 0.1) is 22.7 Å². The molecule has 0 saturated carbocycles. The zero-order valence-electron chi connectivity index (χ0n) is 9.99. The summed E-state index contributed by atoms with van der Waals surface area (Å²) in [6, 6.07) is 9.09. The summed E-state index contributed by atoms with van der Waals surface area (Å²) >= 11 is 3.37. The summed E-state index contributed by atoms with van der Waals surface area (Å²) in [5.41, 5.74) is 1.39. The molecule has 0 unspecified atom stereocenters. The van der Waals surface area contributed by atoms with E-state index >= 15 is 0 Å². The van der Waals surface area contributed by atoms with Crippen LogP contribution in [0.25, 0.3) is 0 Å². The predicted octanol–water partition coefficient (Wildman–Crippen LogP) is 1.85. The van der Waals surface area contributed by atoms with Crippen molar-refractivity contribution in [2.24, 2.45) is 0 Å². The van der Waals surface area contributed by atoms with Crippen LogP contribution in [-0.2, 0) is 10.0 Å². The molecule has 0 aromatic heterocycles. The first kappa shape index (κ1) is 14.0. The topological polar surface area (TPSA) is 85.0 Å². The minimum absolute atomic E-state index is 0.451. The SMILES string of the molecule is CS(=O)(=O)N1[C@@H](C#N)c2ccccc2[C@@H](Br)[C@@H]1C#N. The fourth-order valence-corrected chi connectivity index (χ4v) is 4.33. The van der Waals surface area contributed by atoms with Gasteiger partial charge in [-0.25, -0.2) is 8.42 Å². The smallest absolute Gasteiger partial charge is 0.212 e. The van der Waals surface area contributed by atoms with E-state index in [4.69, 9.17) is 0 Å². The molecule has 1 aromatic carbocycles. The highest BCUT2D eigenvalue weighted by molar-refractivity contribution is 9.09.